The third-order valence-corrected chi connectivity index (χ3v) is 5.63. The zero-order valence-electron chi connectivity index (χ0n) is 13.4. The van der Waals surface area contributed by atoms with Crippen LogP contribution in [0.15, 0.2) is 0 Å². The Bertz CT molecular complexity index is 258. The van der Waals surface area contributed by atoms with E-state index in [0.717, 1.165) is 11.8 Å². The number of rotatable bonds is 5. The molecular weight excluding hydrogens is 232 g/mol. The van der Waals surface area contributed by atoms with Crippen LogP contribution in [0.4, 0.5) is 0 Å². The fraction of sp³-hybridized carbons (Fsp3) is 1.00. The van der Waals surface area contributed by atoms with Crippen molar-refractivity contribution in [1.29, 1.82) is 0 Å². The highest BCUT2D eigenvalue weighted by atomic mass is 15.2. The molecule has 0 radical (unpaired) electrons. The maximum absolute atomic E-state index is 3.83. The van der Waals surface area contributed by atoms with Crippen LogP contribution in [0, 0.1) is 11.8 Å². The summed E-state index contributed by atoms with van der Waals surface area (Å²) in [5.41, 5.74) is 0.423. The van der Waals surface area contributed by atoms with Crippen LogP contribution in [0.1, 0.15) is 64.7 Å². The lowest BCUT2D eigenvalue weighted by Crippen LogP contribution is -2.54. The van der Waals surface area contributed by atoms with Gasteiger partial charge in [-0.1, -0.05) is 39.0 Å². The Labute approximate surface area is 120 Å². The molecule has 0 aromatic carbocycles. The van der Waals surface area contributed by atoms with Crippen molar-refractivity contribution in [3.05, 3.63) is 0 Å². The largest absolute Gasteiger partial charge is 0.315 e. The van der Waals surface area contributed by atoms with E-state index in [1.807, 2.05) is 0 Å². The van der Waals surface area contributed by atoms with E-state index < -0.39 is 0 Å². The van der Waals surface area contributed by atoms with Crippen LogP contribution in [0.3, 0.4) is 0 Å². The predicted octanol–water partition coefficient (Wildman–Crippen LogP) is 3.67. The SMILES string of the molecule is CC1CCCC(CNCC2CCCCC2)(N(C)C)C1. The van der Waals surface area contributed by atoms with Crippen LogP contribution in [-0.4, -0.2) is 37.6 Å². The minimum atomic E-state index is 0.423. The summed E-state index contributed by atoms with van der Waals surface area (Å²) < 4.78 is 0. The zero-order valence-corrected chi connectivity index (χ0v) is 13.4. The van der Waals surface area contributed by atoms with Crippen LogP contribution in [0.25, 0.3) is 0 Å². The third kappa shape index (κ3) is 4.19. The summed E-state index contributed by atoms with van der Waals surface area (Å²) in [5, 5.41) is 3.83. The van der Waals surface area contributed by atoms with Gasteiger partial charge in [0, 0.05) is 12.1 Å². The molecule has 2 aliphatic carbocycles. The second kappa shape index (κ2) is 7.08. The van der Waals surface area contributed by atoms with Gasteiger partial charge in [-0.05, 0) is 58.2 Å². The molecule has 2 nitrogen and oxygen atoms in total. The van der Waals surface area contributed by atoms with Crippen molar-refractivity contribution >= 4 is 0 Å². The van der Waals surface area contributed by atoms with Gasteiger partial charge < -0.3 is 10.2 Å². The van der Waals surface area contributed by atoms with Crippen LogP contribution < -0.4 is 5.32 Å². The fourth-order valence-electron chi connectivity index (χ4n) is 4.26. The first-order chi connectivity index (χ1) is 9.12. The molecule has 0 heterocycles. The number of likely N-dealkylation sites (N-methyl/N-ethyl adjacent to an activating group) is 1. The average molecular weight is 266 g/mol. The molecule has 112 valence electrons. The highest BCUT2D eigenvalue weighted by Gasteiger charge is 2.36. The van der Waals surface area contributed by atoms with Crippen molar-refractivity contribution in [3.63, 3.8) is 0 Å². The first-order valence-corrected chi connectivity index (χ1v) is 8.50. The molecular formula is C17H34N2. The number of hydrogen-bond acceptors (Lipinski definition) is 2. The molecule has 2 saturated carbocycles. The fourth-order valence-corrected chi connectivity index (χ4v) is 4.26. The number of hydrogen-bond donors (Lipinski definition) is 1. The Balaban J connectivity index is 1.79. The Kier molecular flexibility index (Phi) is 5.70. The highest BCUT2D eigenvalue weighted by Crippen LogP contribution is 2.35. The van der Waals surface area contributed by atoms with E-state index in [1.165, 1.54) is 70.9 Å². The van der Waals surface area contributed by atoms with E-state index in [1.54, 1.807) is 0 Å². The molecule has 19 heavy (non-hydrogen) atoms. The van der Waals surface area contributed by atoms with E-state index in [-0.39, 0.29) is 0 Å². The van der Waals surface area contributed by atoms with Gasteiger partial charge in [-0.25, -0.2) is 0 Å². The zero-order chi connectivity index (χ0) is 13.7. The molecule has 2 atom stereocenters. The van der Waals surface area contributed by atoms with Crippen LogP contribution in [0.2, 0.25) is 0 Å². The van der Waals surface area contributed by atoms with Gasteiger partial charge in [0.1, 0.15) is 0 Å². The average Bonchev–Trinajstić information content (AvgIpc) is 2.40. The Morgan fingerprint density at radius 3 is 2.42 bits per heavy atom. The van der Waals surface area contributed by atoms with E-state index in [0.29, 0.717) is 5.54 Å². The Hall–Kier alpha value is -0.0800. The quantitative estimate of drug-likeness (QED) is 0.817. The van der Waals surface area contributed by atoms with E-state index in [4.69, 9.17) is 0 Å². The van der Waals surface area contributed by atoms with Gasteiger partial charge in [-0.2, -0.15) is 0 Å². The summed E-state index contributed by atoms with van der Waals surface area (Å²) >= 11 is 0. The minimum Gasteiger partial charge on any atom is -0.315 e. The summed E-state index contributed by atoms with van der Waals surface area (Å²) in [6.07, 6.45) is 12.9. The summed E-state index contributed by atoms with van der Waals surface area (Å²) in [7, 11) is 4.56. The number of nitrogens with one attached hydrogen (secondary N) is 1. The van der Waals surface area contributed by atoms with Gasteiger partial charge in [0.25, 0.3) is 0 Å². The minimum absolute atomic E-state index is 0.423. The molecule has 2 heteroatoms. The van der Waals surface area contributed by atoms with Crippen molar-refractivity contribution in [2.24, 2.45) is 11.8 Å². The molecule has 1 N–H and O–H groups in total. The van der Waals surface area contributed by atoms with Gasteiger partial charge in [0.2, 0.25) is 0 Å². The normalized spacial score (nSPS) is 33.8. The van der Waals surface area contributed by atoms with E-state index in [2.05, 4.69) is 31.2 Å². The molecule has 2 fully saturated rings. The Morgan fingerprint density at radius 2 is 1.79 bits per heavy atom. The van der Waals surface area contributed by atoms with Crippen LogP contribution in [-0.2, 0) is 0 Å². The molecule has 2 unspecified atom stereocenters. The van der Waals surface area contributed by atoms with Gasteiger partial charge >= 0.3 is 0 Å². The third-order valence-electron chi connectivity index (χ3n) is 5.63. The second-order valence-corrected chi connectivity index (χ2v) is 7.46. The summed E-state index contributed by atoms with van der Waals surface area (Å²) in [6.45, 7) is 4.88. The second-order valence-electron chi connectivity index (χ2n) is 7.46. The molecule has 0 saturated heterocycles. The van der Waals surface area contributed by atoms with E-state index >= 15 is 0 Å². The lowest BCUT2D eigenvalue weighted by molar-refractivity contribution is 0.0737. The lowest BCUT2D eigenvalue weighted by Gasteiger charge is -2.45. The van der Waals surface area contributed by atoms with Crippen molar-refractivity contribution in [1.82, 2.24) is 10.2 Å². The summed E-state index contributed by atoms with van der Waals surface area (Å²) in [4.78, 5) is 2.50. The summed E-state index contributed by atoms with van der Waals surface area (Å²) in [5.74, 6) is 1.85. The molecule has 0 aromatic rings. The predicted molar refractivity (Wildman–Crippen MR) is 83.5 cm³/mol. The lowest BCUT2D eigenvalue weighted by atomic mass is 9.75. The number of nitrogens with zero attached hydrogens (tertiary/aromatic N) is 1. The molecule has 2 aliphatic rings. The topological polar surface area (TPSA) is 15.3 Å². The van der Waals surface area contributed by atoms with Crippen LogP contribution in [0.5, 0.6) is 0 Å². The maximum atomic E-state index is 3.83. The molecule has 0 aromatic heterocycles. The highest BCUT2D eigenvalue weighted by molar-refractivity contribution is 4.94. The van der Waals surface area contributed by atoms with Gasteiger partial charge in [0.05, 0.1) is 0 Å². The standard InChI is InChI=1S/C17H34N2/c1-15-8-7-11-17(12-15,19(2)3)14-18-13-16-9-5-4-6-10-16/h15-16,18H,4-14H2,1-3H3. The van der Waals surface area contributed by atoms with Gasteiger partial charge in [-0.15, -0.1) is 0 Å². The molecule has 0 aliphatic heterocycles. The first kappa shape index (κ1) is 15.3. The molecule has 0 spiro atoms. The molecule has 0 bridgehead atoms. The monoisotopic (exact) mass is 266 g/mol. The van der Waals surface area contributed by atoms with Crippen LogP contribution >= 0.6 is 0 Å². The van der Waals surface area contributed by atoms with Crippen molar-refractivity contribution in [3.8, 4) is 0 Å². The first-order valence-electron chi connectivity index (χ1n) is 8.50. The van der Waals surface area contributed by atoms with Crippen molar-refractivity contribution in [2.75, 3.05) is 27.2 Å². The van der Waals surface area contributed by atoms with Gasteiger partial charge in [-0.3, -0.25) is 0 Å². The maximum Gasteiger partial charge on any atom is 0.0330 e. The van der Waals surface area contributed by atoms with E-state index in [9.17, 15) is 0 Å². The van der Waals surface area contributed by atoms with Crippen molar-refractivity contribution < 1.29 is 0 Å². The van der Waals surface area contributed by atoms with Gasteiger partial charge in [0.15, 0.2) is 0 Å². The molecule has 0 amide bonds. The van der Waals surface area contributed by atoms with Crippen molar-refractivity contribution in [2.45, 2.75) is 70.3 Å². The molecule has 2 rings (SSSR count). The smallest absolute Gasteiger partial charge is 0.0330 e. The summed E-state index contributed by atoms with van der Waals surface area (Å²) in [6, 6.07) is 0. The Morgan fingerprint density at radius 1 is 1.05 bits per heavy atom.